The summed E-state index contributed by atoms with van der Waals surface area (Å²) in [6.07, 6.45) is 0. The van der Waals surface area contributed by atoms with Crippen LogP contribution in [-0.2, 0) is 54.3 Å². The molecule has 8 nitrogen and oxygen atoms in total. The molecule has 47 heavy (non-hydrogen) atoms. The largest absolute Gasteiger partial charge is 2.00 e. The van der Waals surface area contributed by atoms with Crippen LogP contribution in [0.4, 0.5) is 0 Å². The SMILES string of the molecule is CC1(C)OB(c2cc[c-](B3OC(C)(C)C(C)(C)O3)c2)OC1(C)C.CC1(C)OB(c2cc[c-](B3OC(C)(C)C(C)(C)O3)c2)OC1(C)C.[Fe+2]. The normalized spacial score (nSPS) is 27.1. The Balaban J connectivity index is 0.000000208. The first-order valence-corrected chi connectivity index (χ1v) is 16.6. The summed E-state index contributed by atoms with van der Waals surface area (Å²) in [5.74, 6) is 0. The average molecular weight is 690 g/mol. The van der Waals surface area contributed by atoms with Gasteiger partial charge in [0.1, 0.15) is 0 Å². The van der Waals surface area contributed by atoms with Crippen LogP contribution in [-0.4, -0.2) is 73.3 Å². The van der Waals surface area contributed by atoms with Crippen LogP contribution in [0.2, 0.25) is 0 Å². The molecular weight excluding hydrogens is 635 g/mol. The van der Waals surface area contributed by atoms with Gasteiger partial charge < -0.3 is 37.2 Å². The van der Waals surface area contributed by atoms with Gasteiger partial charge >= 0.3 is 45.5 Å². The Morgan fingerprint density at radius 2 is 0.596 bits per heavy atom. The molecule has 4 aliphatic rings. The van der Waals surface area contributed by atoms with Crippen LogP contribution in [0.5, 0.6) is 0 Å². The molecule has 0 aliphatic carbocycles. The Labute approximate surface area is 295 Å². The Hall–Kier alpha value is -0.841. The molecule has 0 amide bonds. The average Bonchev–Trinajstić information content (AvgIpc) is 3.67. The Morgan fingerprint density at radius 1 is 0.383 bits per heavy atom. The molecule has 2 aromatic carbocycles. The molecule has 0 radical (unpaired) electrons. The first kappa shape index (κ1) is 39.0. The molecule has 2 aromatic rings. The van der Waals surface area contributed by atoms with Gasteiger partial charge in [0.05, 0.1) is 44.8 Å². The second kappa shape index (κ2) is 12.1. The van der Waals surface area contributed by atoms with E-state index in [2.05, 4.69) is 123 Å². The van der Waals surface area contributed by atoms with Crippen molar-refractivity contribution in [2.45, 2.75) is 156 Å². The fraction of sp³-hybridized carbons (Fsp3) is 0.706. The van der Waals surface area contributed by atoms with Crippen LogP contribution >= 0.6 is 0 Å². The molecule has 0 atom stereocenters. The van der Waals surface area contributed by atoms with Crippen molar-refractivity contribution in [2.75, 3.05) is 0 Å². The molecule has 4 saturated heterocycles. The monoisotopic (exact) mass is 690 g/mol. The van der Waals surface area contributed by atoms with Crippen molar-refractivity contribution in [3.05, 3.63) is 36.4 Å². The maximum Gasteiger partial charge on any atom is 2.00 e. The summed E-state index contributed by atoms with van der Waals surface area (Å²) in [5, 5.41) is 0. The molecule has 0 unspecified atom stereocenters. The summed E-state index contributed by atoms with van der Waals surface area (Å²) in [6.45, 7) is 33.0. The van der Waals surface area contributed by atoms with Gasteiger partial charge in [-0.15, -0.1) is 10.9 Å². The van der Waals surface area contributed by atoms with E-state index in [-0.39, 0.29) is 90.4 Å². The van der Waals surface area contributed by atoms with Gasteiger partial charge in [0, 0.05) is 0 Å². The van der Waals surface area contributed by atoms with E-state index in [9.17, 15) is 0 Å². The molecule has 6 rings (SSSR count). The third kappa shape index (κ3) is 7.06. The van der Waals surface area contributed by atoms with Crippen LogP contribution in [0.1, 0.15) is 111 Å². The van der Waals surface area contributed by atoms with Crippen LogP contribution < -0.4 is 21.9 Å². The molecule has 4 aliphatic heterocycles. The van der Waals surface area contributed by atoms with E-state index in [1.807, 2.05) is 24.3 Å². The second-order valence-corrected chi connectivity index (χ2v) is 17.3. The first-order chi connectivity index (χ1) is 20.7. The maximum absolute atomic E-state index is 6.10. The van der Waals surface area contributed by atoms with Crippen molar-refractivity contribution < 1.29 is 54.3 Å². The molecule has 13 heteroatoms. The van der Waals surface area contributed by atoms with Gasteiger partial charge in [0.25, 0.3) is 0 Å². The van der Waals surface area contributed by atoms with Gasteiger partial charge in [-0.05, 0) is 111 Å². The van der Waals surface area contributed by atoms with Crippen molar-refractivity contribution in [3.8, 4) is 0 Å². The van der Waals surface area contributed by atoms with E-state index in [0.29, 0.717) is 0 Å². The van der Waals surface area contributed by atoms with Gasteiger partial charge in [0.15, 0.2) is 0 Å². The van der Waals surface area contributed by atoms with Crippen LogP contribution in [0.15, 0.2) is 36.4 Å². The molecule has 4 heterocycles. The van der Waals surface area contributed by atoms with E-state index >= 15 is 0 Å². The van der Waals surface area contributed by atoms with Gasteiger partial charge in [-0.25, -0.2) is 12.1 Å². The van der Waals surface area contributed by atoms with Crippen LogP contribution in [0.25, 0.3) is 0 Å². The Bertz CT molecular complexity index is 1160. The molecule has 0 aromatic heterocycles. The Morgan fingerprint density at radius 3 is 0.830 bits per heavy atom. The zero-order valence-electron chi connectivity index (χ0n) is 31.4. The molecule has 0 bridgehead atoms. The molecule has 0 N–H and O–H groups in total. The predicted molar refractivity (Wildman–Crippen MR) is 187 cm³/mol. The topological polar surface area (TPSA) is 73.8 Å². The maximum atomic E-state index is 6.10. The van der Waals surface area contributed by atoms with Crippen molar-refractivity contribution in [3.63, 3.8) is 0 Å². The fourth-order valence-electron chi connectivity index (χ4n) is 5.47. The zero-order chi connectivity index (χ0) is 34.5. The van der Waals surface area contributed by atoms with Crippen molar-refractivity contribution in [2.24, 2.45) is 0 Å². The van der Waals surface area contributed by atoms with Gasteiger partial charge in [-0.2, -0.15) is 35.2 Å². The van der Waals surface area contributed by atoms with Gasteiger partial charge in [-0.3, -0.25) is 0 Å². The number of hydrogen-bond acceptors (Lipinski definition) is 8. The molecular formula is C34H54B4FeO8. The van der Waals surface area contributed by atoms with E-state index in [4.69, 9.17) is 37.2 Å². The minimum absolute atomic E-state index is 0. The van der Waals surface area contributed by atoms with Crippen molar-refractivity contribution >= 4 is 50.3 Å². The number of hydrogen-bond donors (Lipinski definition) is 0. The fourth-order valence-corrected chi connectivity index (χ4v) is 5.47. The van der Waals surface area contributed by atoms with Crippen LogP contribution in [0.3, 0.4) is 0 Å². The second-order valence-electron chi connectivity index (χ2n) is 17.3. The zero-order valence-corrected chi connectivity index (χ0v) is 32.5. The minimum Gasteiger partial charge on any atom is -0.411 e. The quantitative estimate of drug-likeness (QED) is 0.353. The van der Waals surface area contributed by atoms with Crippen molar-refractivity contribution in [1.29, 1.82) is 0 Å². The van der Waals surface area contributed by atoms with Crippen molar-refractivity contribution in [1.82, 2.24) is 0 Å². The summed E-state index contributed by atoms with van der Waals surface area (Å²) in [5.41, 5.74) is 1.36. The molecule has 4 fully saturated rings. The van der Waals surface area contributed by atoms with E-state index in [0.717, 1.165) is 21.9 Å². The summed E-state index contributed by atoms with van der Waals surface area (Å²) >= 11 is 0. The minimum atomic E-state index is -0.351. The summed E-state index contributed by atoms with van der Waals surface area (Å²) < 4.78 is 48.8. The van der Waals surface area contributed by atoms with Gasteiger partial charge in [-0.1, -0.05) is 0 Å². The van der Waals surface area contributed by atoms with E-state index in [1.165, 1.54) is 0 Å². The molecule has 0 saturated carbocycles. The van der Waals surface area contributed by atoms with E-state index in [1.54, 1.807) is 0 Å². The third-order valence-electron chi connectivity index (χ3n) is 11.7. The van der Waals surface area contributed by atoms with Gasteiger partial charge in [0.2, 0.25) is 0 Å². The molecule has 0 spiro atoms. The Kier molecular flexibility index (Phi) is 10.1. The standard InChI is InChI=1S/2C17H27B2O4.Fe/c2*1-14(2)15(3,4)21-18(20-14)12-9-10-13(11-12)19-22-16(5,6)17(7,8)23-19;/h2*9-11H,1-8H3;/q2*-1;+2. The number of rotatable bonds is 4. The third-order valence-corrected chi connectivity index (χ3v) is 11.7. The van der Waals surface area contributed by atoms with Crippen LogP contribution in [0, 0.1) is 0 Å². The predicted octanol–water partition coefficient (Wildman–Crippen LogP) is 4.01. The first-order valence-electron chi connectivity index (χ1n) is 16.6. The summed E-state index contributed by atoms with van der Waals surface area (Å²) in [7, 11) is -1.40. The summed E-state index contributed by atoms with van der Waals surface area (Å²) in [6, 6.07) is 12.2. The van der Waals surface area contributed by atoms with E-state index < -0.39 is 0 Å². The smallest absolute Gasteiger partial charge is 0.411 e. The molecule has 258 valence electrons. The summed E-state index contributed by atoms with van der Waals surface area (Å²) in [4.78, 5) is 0.